The Hall–Kier alpha value is -4.39. The first-order chi connectivity index (χ1) is 31.7. The third-order valence-electron chi connectivity index (χ3n) is 12.8. The zero-order valence-corrected chi connectivity index (χ0v) is 41.3. The van der Waals surface area contributed by atoms with Gasteiger partial charge in [-0.1, -0.05) is 145 Å². The molecule has 0 aromatic heterocycles. The third-order valence-corrected chi connectivity index (χ3v) is 15.2. The first kappa shape index (κ1) is 52.6. The van der Waals surface area contributed by atoms with Crippen LogP contribution in [0.25, 0.3) is 0 Å². The second-order valence-electron chi connectivity index (χ2n) is 17.9. The van der Waals surface area contributed by atoms with E-state index in [0.717, 1.165) is 67.4 Å². The average Bonchev–Trinajstić information content (AvgIpc) is 4.06. The molecule has 3 aromatic carbocycles. The molecule has 5 amide bonds. The standard InChI is InChI=1S/C51H70ClN4O9P/c1-7-12-20-37(9-3)33-64-66(62,65-34-38(10-4)21-13-8-2)35-36(6)46(58)53-41-26-27-42(52)43(30-41)54-47(59)44(45(57)51(28-29-51)31-39-22-16-14-17-23-39)56-48(60)49(63-11-5)55(50(56)61)32-40-24-18-15-19-25-40/h14-19,22-27,30,36-38,44,49H,7-13,20-21,28-29,31-35H2,1-6H3,(H,53,58)(H,54,59). The Morgan fingerprint density at radius 3 is 1.91 bits per heavy atom. The molecule has 1 saturated carbocycles. The van der Waals surface area contributed by atoms with Gasteiger partial charge in [-0.3, -0.25) is 28.6 Å². The summed E-state index contributed by atoms with van der Waals surface area (Å²) in [4.78, 5) is 74.0. The molecule has 0 radical (unpaired) electrons. The summed E-state index contributed by atoms with van der Waals surface area (Å²) in [7, 11) is -3.72. The van der Waals surface area contributed by atoms with Crippen molar-refractivity contribution < 1.29 is 42.3 Å². The van der Waals surface area contributed by atoms with Gasteiger partial charge in [0.1, 0.15) is 0 Å². The predicted molar refractivity (Wildman–Crippen MR) is 259 cm³/mol. The summed E-state index contributed by atoms with van der Waals surface area (Å²) in [5, 5.41) is 5.66. The number of imide groups is 1. The zero-order chi connectivity index (χ0) is 47.9. The van der Waals surface area contributed by atoms with Crippen LogP contribution in [0, 0.1) is 23.2 Å². The van der Waals surface area contributed by atoms with Crippen molar-refractivity contribution in [1.29, 1.82) is 0 Å². The van der Waals surface area contributed by atoms with Crippen molar-refractivity contribution in [3.8, 4) is 0 Å². The number of anilines is 2. The molecule has 15 heteroatoms. The fourth-order valence-electron chi connectivity index (χ4n) is 8.32. The lowest BCUT2D eigenvalue weighted by Gasteiger charge is -2.28. The van der Waals surface area contributed by atoms with Crippen molar-refractivity contribution in [2.75, 3.05) is 36.6 Å². The molecule has 13 nitrogen and oxygen atoms in total. The summed E-state index contributed by atoms with van der Waals surface area (Å²) >= 11 is 6.66. The average molecular weight is 950 g/mol. The SMILES string of the molecule is CCCCC(CC)COP(=O)(CC(C)C(=O)Nc1ccc(Cl)c(NC(=O)C(C(=O)C2(Cc3ccccc3)CC2)N2C(=O)C(OCC)N(Cc3ccccc3)C2=O)c1)OCC(CC)CCCC. The number of nitrogens with one attached hydrogen (secondary N) is 2. The smallest absolute Gasteiger partial charge is 0.331 e. The minimum Gasteiger partial charge on any atom is -0.350 e. The van der Waals surface area contributed by atoms with Gasteiger partial charge in [-0.25, -0.2) is 9.69 Å². The molecule has 5 atom stereocenters. The number of urea groups is 1. The molecule has 5 unspecified atom stereocenters. The van der Waals surface area contributed by atoms with Crippen molar-refractivity contribution in [1.82, 2.24) is 9.80 Å². The van der Waals surface area contributed by atoms with Crippen LogP contribution in [0.1, 0.15) is 117 Å². The number of hydrogen-bond acceptors (Lipinski definition) is 9. The van der Waals surface area contributed by atoms with Crippen LogP contribution in [0.5, 0.6) is 0 Å². The lowest BCUT2D eigenvalue weighted by Crippen LogP contribution is -2.55. The van der Waals surface area contributed by atoms with Gasteiger partial charge in [0, 0.05) is 23.6 Å². The summed E-state index contributed by atoms with van der Waals surface area (Å²) in [6, 6.07) is 20.2. The van der Waals surface area contributed by atoms with Crippen LogP contribution >= 0.6 is 19.2 Å². The molecule has 0 spiro atoms. The van der Waals surface area contributed by atoms with Crippen molar-refractivity contribution in [2.45, 2.75) is 131 Å². The quantitative estimate of drug-likeness (QED) is 0.0392. The Morgan fingerprint density at radius 1 is 0.803 bits per heavy atom. The monoisotopic (exact) mass is 948 g/mol. The van der Waals surface area contributed by atoms with Gasteiger partial charge in [0.2, 0.25) is 12.1 Å². The lowest BCUT2D eigenvalue weighted by atomic mass is 9.87. The number of carbonyl (C=O) groups is 5. The van der Waals surface area contributed by atoms with Crippen LogP contribution in [0.15, 0.2) is 78.9 Å². The van der Waals surface area contributed by atoms with E-state index >= 15 is 0 Å². The summed E-state index contributed by atoms with van der Waals surface area (Å²) in [6.07, 6.45) is 7.52. The maximum Gasteiger partial charge on any atom is 0.331 e. The zero-order valence-electron chi connectivity index (χ0n) is 39.6. The highest BCUT2D eigenvalue weighted by molar-refractivity contribution is 7.53. The molecule has 3 aromatic rings. The number of unbranched alkanes of at least 4 members (excludes halogenated alkanes) is 2. The lowest BCUT2D eigenvalue weighted by molar-refractivity contribution is -0.149. The predicted octanol–water partition coefficient (Wildman–Crippen LogP) is 11.3. The summed E-state index contributed by atoms with van der Waals surface area (Å²) in [6.45, 7) is 12.4. The van der Waals surface area contributed by atoms with E-state index in [1.165, 1.54) is 17.0 Å². The molecule has 1 saturated heterocycles. The van der Waals surface area contributed by atoms with Gasteiger partial charge in [-0.15, -0.1) is 0 Å². The second kappa shape index (κ2) is 25.1. The number of ether oxygens (including phenoxy) is 1. The van der Waals surface area contributed by atoms with E-state index in [1.807, 2.05) is 48.5 Å². The summed E-state index contributed by atoms with van der Waals surface area (Å²) < 4.78 is 32.5. The molecule has 360 valence electrons. The van der Waals surface area contributed by atoms with Gasteiger partial charge in [0.25, 0.3) is 11.8 Å². The normalized spacial score (nSPS) is 18.3. The Bertz CT molecular complexity index is 2110. The number of amides is 5. The first-order valence-electron chi connectivity index (χ1n) is 23.9. The van der Waals surface area contributed by atoms with E-state index in [9.17, 15) is 28.5 Å². The van der Waals surface area contributed by atoms with Crippen molar-refractivity contribution in [2.24, 2.45) is 23.2 Å². The highest BCUT2D eigenvalue weighted by atomic mass is 35.5. The Labute approximate surface area is 396 Å². The van der Waals surface area contributed by atoms with Crippen LogP contribution < -0.4 is 10.6 Å². The van der Waals surface area contributed by atoms with E-state index in [2.05, 4.69) is 38.3 Å². The molecule has 66 heavy (non-hydrogen) atoms. The first-order valence-corrected chi connectivity index (χ1v) is 26.0. The van der Waals surface area contributed by atoms with Crippen LogP contribution in [0.3, 0.4) is 0 Å². The number of halogens is 1. The van der Waals surface area contributed by atoms with E-state index in [4.69, 9.17) is 25.4 Å². The summed E-state index contributed by atoms with van der Waals surface area (Å²) in [5.74, 6) is -3.18. The second-order valence-corrected chi connectivity index (χ2v) is 20.4. The number of rotatable bonds is 29. The van der Waals surface area contributed by atoms with Crippen LogP contribution in [-0.2, 0) is 50.5 Å². The Morgan fingerprint density at radius 2 is 1.38 bits per heavy atom. The third kappa shape index (κ3) is 14.1. The number of Topliss-reactive ketones (excluding diaryl/α,β-unsaturated/α-hetero) is 1. The molecule has 2 aliphatic rings. The van der Waals surface area contributed by atoms with Crippen LogP contribution in [0.4, 0.5) is 16.2 Å². The highest BCUT2D eigenvalue weighted by Gasteiger charge is 2.59. The largest absolute Gasteiger partial charge is 0.350 e. The number of hydrogen-bond donors (Lipinski definition) is 2. The van der Waals surface area contributed by atoms with E-state index < -0.39 is 60.7 Å². The molecule has 0 bridgehead atoms. The number of benzene rings is 3. The molecular formula is C51H70ClN4O9P. The van der Waals surface area contributed by atoms with Gasteiger partial charge in [0.15, 0.2) is 11.8 Å². The Balaban J connectivity index is 1.38. The molecule has 1 aliphatic carbocycles. The molecule has 2 fully saturated rings. The van der Waals surface area contributed by atoms with E-state index in [0.29, 0.717) is 19.3 Å². The topological polar surface area (TPSA) is 161 Å². The van der Waals surface area contributed by atoms with Crippen LogP contribution in [0.2, 0.25) is 5.02 Å². The van der Waals surface area contributed by atoms with Crippen LogP contribution in [-0.4, -0.2) is 77.6 Å². The van der Waals surface area contributed by atoms with Gasteiger partial charge in [-0.05, 0) is 80.2 Å². The van der Waals surface area contributed by atoms with Crippen molar-refractivity contribution in [3.05, 3.63) is 95.0 Å². The van der Waals surface area contributed by atoms with Gasteiger partial charge in [0.05, 0.1) is 36.6 Å². The number of ketones is 1. The minimum absolute atomic E-state index is 0.000398. The highest BCUT2D eigenvalue weighted by Crippen LogP contribution is 2.52. The summed E-state index contributed by atoms with van der Waals surface area (Å²) in [5.41, 5.74) is 0.892. The van der Waals surface area contributed by atoms with E-state index in [1.54, 1.807) is 32.0 Å². The van der Waals surface area contributed by atoms with Crippen molar-refractivity contribution >= 4 is 60.1 Å². The maximum atomic E-state index is 14.9. The Kier molecular flexibility index (Phi) is 20.0. The molecule has 5 rings (SSSR count). The van der Waals surface area contributed by atoms with Gasteiger partial charge >= 0.3 is 13.6 Å². The number of nitrogens with zero attached hydrogens (tertiary/aromatic N) is 2. The fourth-order valence-corrected chi connectivity index (χ4v) is 10.5. The molecule has 2 N–H and O–H groups in total. The maximum absolute atomic E-state index is 14.9. The van der Waals surface area contributed by atoms with Gasteiger partial charge < -0.3 is 24.4 Å². The molecular weight excluding hydrogens is 879 g/mol. The molecule has 1 aliphatic heterocycles. The molecule has 1 heterocycles. The van der Waals surface area contributed by atoms with Gasteiger partial charge in [-0.2, -0.15) is 0 Å². The fraction of sp³-hybridized carbons (Fsp3) is 0.549. The minimum atomic E-state index is -3.72. The van der Waals surface area contributed by atoms with Crippen molar-refractivity contribution in [3.63, 3.8) is 0 Å². The van der Waals surface area contributed by atoms with E-state index in [-0.39, 0.29) is 60.8 Å². The number of carbonyl (C=O) groups excluding carboxylic acids is 5.